The zero-order valence-electron chi connectivity index (χ0n) is 11.2. The minimum Gasteiger partial charge on any atom is -0.391 e. The van der Waals surface area contributed by atoms with Crippen LogP contribution in [0.2, 0.25) is 0 Å². The average Bonchev–Trinajstić information content (AvgIpc) is 2.49. The van der Waals surface area contributed by atoms with Crippen molar-refractivity contribution in [1.82, 2.24) is 0 Å². The summed E-state index contributed by atoms with van der Waals surface area (Å²) in [5.41, 5.74) is 3.62. The van der Waals surface area contributed by atoms with E-state index in [-0.39, 0.29) is 12.1 Å². The van der Waals surface area contributed by atoms with Gasteiger partial charge in [-0.1, -0.05) is 25.3 Å². The van der Waals surface area contributed by atoms with Gasteiger partial charge < -0.3 is 10.4 Å². The third kappa shape index (κ3) is 3.27. The molecule has 0 bridgehead atoms. The van der Waals surface area contributed by atoms with E-state index < -0.39 is 0 Å². The lowest BCUT2D eigenvalue weighted by atomic mass is 10.0. The molecule has 0 radical (unpaired) electrons. The molecule has 0 aliphatic heterocycles. The largest absolute Gasteiger partial charge is 0.391 e. The Labute approximate surface area is 118 Å². The molecule has 100 valence electrons. The van der Waals surface area contributed by atoms with Crippen molar-refractivity contribution < 1.29 is 5.11 Å². The van der Waals surface area contributed by atoms with Crippen LogP contribution < -0.4 is 5.32 Å². The Hall–Kier alpha value is -0.540. The van der Waals surface area contributed by atoms with Crippen LogP contribution in [0.15, 0.2) is 16.6 Å². The van der Waals surface area contributed by atoms with Crippen LogP contribution in [0.1, 0.15) is 43.2 Å². The van der Waals surface area contributed by atoms with Gasteiger partial charge in [0.2, 0.25) is 0 Å². The van der Waals surface area contributed by atoms with Crippen molar-refractivity contribution >= 4 is 21.6 Å². The Kier molecular flexibility index (Phi) is 4.68. The smallest absolute Gasteiger partial charge is 0.0741 e. The van der Waals surface area contributed by atoms with E-state index in [2.05, 4.69) is 47.2 Å². The number of halogens is 1. The van der Waals surface area contributed by atoms with Gasteiger partial charge in [-0.15, -0.1) is 0 Å². The van der Waals surface area contributed by atoms with Crippen LogP contribution >= 0.6 is 15.9 Å². The molecule has 0 heterocycles. The summed E-state index contributed by atoms with van der Waals surface area (Å²) >= 11 is 3.62. The second-order valence-electron chi connectivity index (χ2n) is 5.39. The van der Waals surface area contributed by atoms with Crippen LogP contribution in [0.4, 0.5) is 5.69 Å². The van der Waals surface area contributed by atoms with Gasteiger partial charge in [0.15, 0.2) is 0 Å². The summed E-state index contributed by atoms with van der Waals surface area (Å²) in [5, 5.41) is 13.7. The van der Waals surface area contributed by atoms with E-state index in [1.54, 1.807) is 0 Å². The van der Waals surface area contributed by atoms with Crippen molar-refractivity contribution in [1.29, 1.82) is 0 Å². The van der Waals surface area contributed by atoms with Crippen molar-refractivity contribution in [3.05, 3.63) is 27.7 Å². The molecular formula is C15H22BrNO. The van der Waals surface area contributed by atoms with Gasteiger partial charge in [-0.05, 0) is 59.8 Å². The Bertz CT molecular complexity index is 396. The lowest BCUT2D eigenvalue weighted by Crippen LogP contribution is -2.32. The molecule has 3 heteroatoms. The summed E-state index contributed by atoms with van der Waals surface area (Å²) in [5.74, 6) is 0. The van der Waals surface area contributed by atoms with Crippen molar-refractivity contribution in [2.45, 2.75) is 58.1 Å². The predicted molar refractivity (Wildman–Crippen MR) is 80.1 cm³/mol. The molecule has 2 unspecified atom stereocenters. The maximum absolute atomic E-state index is 10.2. The molecule has 0 aromatic heterocycles. The number of rotatable bonds is 2. The monoisotopic (exact) mass is 311 g/mol. The van der Waals surface area contributed by atoms with Crippen molar-refractivity contribution in [2.24, 2.45) is 0 Å². The fraction of sp³-hybridized carbons (Fsp3) is 0.600. The normalized spacial score (nSPS) is 24.7. The number of aliphatic hydroxyl groups excluding tert-OH is 1. The van der Waals surface area contributed by atoms with Crippen molar-refractivity contribution in [3.8, 4) is 0 Å². The van der Waals surface area contributed by atoms with Gasteiger partial charge in [0, 0.05) is 4.47 Å². The molecule has 1 aliphatic rings. The Morgan fingerprint density at radius 2 is 1.89 bits per heavy atom. The van der Waals surface area contributed by atoms with E-state index in [1.807, 2.05) is 0 Å². The lowest BCUT2D eigenvalue weighted by molar-refractivity contribution is 0.144. The van der Waals surface area contributed by atoms with E-state index in [1.165, 1.54) is 24.0 Å². The lowest BCUT2D eigenvalue weighted by Gasteiger charge is -2.25. The van der Waals surface area contributed by atoms with E-state index in [9.17, 15) is 5.11 Å². The van der Waals surface area contributed by atoms with Gasteiger partial charge in [0.1, 0.15) is 0 Å². The zero-order chi connectivity index (χ0) is 13.1. The minimum atomic E-state index is -0.222. The number of anilines is 1. The first-order valence-electron chi connectivity index (χ1n) is 6.79. The third-order valence-corrected chi connectivity index (χ3v) is 4.37. The Morgan fingerprint density at radius 3 is 2.61 bits per heavy atom. The molecule has 18 heavy (non-hydrogen) atoms. The number of benzene rings is 1. The van der Waals surface area contributed by atoms with Gasteiger partial charge in [-0.25, -0.2) is 0 Å². The summed E-state index contributed by atoms with van der Waals surface area (Å²) in [6.07, 6.45) is 5.34. The standard InChI is InChI=1S/C15H22BrNO/c1-10-8-11(2)15(12(16)9-10)17-13-6-4-3-5-7-14(13)18/h8-9,13-14,17-18H,3-7H2,1-2H3. The zero-order valence-corrected chi connectivity index (χ0v) is 12.8. The molecule has 2 N–H and O–H groups in total. The summed E-state index contributed by atoms with van der Waals surface area (Å²) in [7, 11) is 0. The summed E-state index contributed by atoms with van der Waals surface area (Å²) in [4.78, 5) is 0. The number of nitrogens with one attached hydrogen (secondary N) is 1. The van der Waals surface area contributed by atoms with E-state index >= 15 is 0 Å². The number of aryl methyl sites for hydroxylation is 2. The Morgan fingerprint density at radius 1 is 1.17 bits per heavy atom. The molecule has 1 aromatic rings. The van der Waals surface area contributed by atoms with Gasteiger partial charge in [0.05, 0.1) is 17.8 Å². The molecule has 0 spiro atoms. The highest BCUT2D eigenvalue weighted by Gasteiger charge is 2.22. The number of aliphatic hydroxyl groups is 1. The Balaban J connectivity index is 2.17. The van der Waals surface area contributed by atoms with Gasteiger partial charge >= 0.3 is 0 Å². The molecule has 2 nitrogen and oxygen atoms in total. The molecule has 1 saturated carbocycles. The van der Waals surface area contributed by atoms with Crippen LogP contribution in [0, 0.1) is 13.8 Å². The molecule has 2 atom stereocenters. The van der Waals surface area contributed by atoms with Crippen LogP contribution in [-0.4, -0.2) is 17.3 Å². The maximum atomic E-state index is 10.2. The van der Waals surface area contributed by atoms with E-state index in [4.69, 9.17) is 0 Å². The molecule has 2 rings (SSSR count). The van der Waals surface area contributed by atoms with Crippen molar-refractivity contribution in [3.63, 3.8) is 0 Å². The van der Waals surface area contributed by atoms with Crippen LogP contribution in [0.5, 0.6) is 0 Å². The van der Waals surface area contributed by atoms with E-state index in [0.29, 0.717) is 0 Å². The first kappa shape index (κ1) is 13.9. The second kappa shape index (κ2) is 6.07. The molecule has 1 aliphatic carbocycles. The highest BCUT2D eigenvalue weighted by atomic mass is 79.9. The van der Waals surface area contributed by atoms with Gasteiger partial charge in [0.25, 0.3) is 0 Å². The van der Waals surface area contributed by atoms with Crippen LogP contribution in [-0.2, 0) is 0 Å². The number of hydrogen-bond donors (Lipinski definition) is 2. The third-order valence-electron chi connectivity index (χ3n) is 3.74. The highest BCUT2D eigenvalue weighted by molar-refractivity contribution is 9.10. The number of hydrogen-bond acceptors (Lipinski definition) is 2. The average molecular weight is 312 g/mol. The minimum absolute atomic E-state index is 0.185. The fourth-order valence-corrected chi connectivity index (χ4v) is 3.53. The molecule has 1 fully saturated rings. The first-order valence-corrected chi connectivity index (χ1v) is 7.58. The van der Waals surface area contributed by atoms with Crippen LogP contribution in [0.25, 0.3) is 0 Å². The summed E-state index contributed by atoms with van der Waals surface area (Å²) < 4.78 is 1.09. The molecular weight excluding hydrogens is 290 g/mol. The topological polar surface area (TPSA) is 32.3 Å². The van der Waals surface area contributed by atoms with E-state index in [0.717, 1.165) is 29.4 Å². The summed E-state index contributed by atoms with van der Waals surface area (Å²) in [6.45, 7) is 4.21. The predicted octanol–water partition coefficient (Wildman–Crippen LogP) is 4.17. The van der Waals surface area contributed by atoms with Crippen molar-refractivity contribution in [2.75, 3.05) is 5.32 Å². The molecule has 0 saturated heterocycles. The van der Waals surface area contributed by atoms with Gasteiger partial charge in [-0.2, -0.15) is 0 Å². The van der Waals surface area contributed by atoms with Crippen LogP contribution in [0.3, 0.4) is 0 Å². The second-order valence-corrected chi connectivity index (χ2v) is 6.25. The quantitative estimate of drug-likeness (QED) is 0.803. The first-order chi connectivity index (χ1) is 8.58. The van der Waals surface area contributed by atoms with Gasteiger partial charge in [-0.3, -0.25) is 0 Å². The fourth-order valence-electron chi connectivity index (χ4n) is 2.74. The molecule has 0 amide bonds. The molecule has 1 aromatic carbocycles. The SMILES string of the molecule is Cc1cc(C)c(NC2CCCCCC2O)c(Br)c1. The highest BCUT2D eigenvalue weighted by Crippen LogP contribution is 2.30. The summed E-state index contributed by atoms with van der Waals surface area (Å²) in [6, 6.07) is 4.49. The maximum Gasteiger partial charge on any atom is 0.0741 e.